The van der Waals surface area contributed by atoms with Gasteiger partial charge >= 0.3 is 5.97 Å². The number of carbonyl (C=O) groups is 2. The van der Waals surface area contributed by atoms with Gasteiger partial charge < -0.3 is 19.9 Å². The van der Waals surface area contributed by atoms with Crippen LogP contribution in [0.4, 0.5) is 4.39 Å². The smallest absolute Gasteiger partial charge is 0.335 e. The molecule has 0 atom stereocenters. The lowest BCUT2D eigenvalue weighted by Gasteiger charge is -2.15. The molecule has 3 rings (SSSR count). The fourth-order valence-corrected chi connectivity index (χ4v) is 3.68. The number of hydrogen-bond acceptors (Lipinski definition) is 4. The van der Waals surface area contributed by atoms with Gasteiger partial charge in [0.05, 0.1) is 28.9 Å². The molecule has 1 amide bonds. The summed E-state index contributed by atoms with van der Waals surface area (Å²) < 4.78 is 25.4. The molecule has 0 heterocycles. The Kier molecular flexibility index (Phi) is 8.71. The highest BCUT2D eigenvalue weighted by Gasteiger charge is 2.15. The number of benzene rings is 3. The molecule has 0 radical (unpaired) electrons. The summed E-state index contributed by atoms with van der Waals surface area (Å²) in [5.74, 6) is -1.11. The van der Waals surface area contributed by atoms with Crippen LogP contribution in [0.3, 0.4) is 0 Å². The molecule has 35 heavy (non-hydrogen) atoms. The first-order valence-electron chi connectivity index (χ1n) is 11.2. The summed E-state index contributed by atoms with van der Waals surface area (Å²) in [6, 6.07) is 13.7. The second kappa shape index (κ2) is 11.7. The van der Waals surface area contributed by atoms with Crippen LogP contribution in [-0.2, 0) is 6.54 Å². The highest BCUT2D eigenvalue weighted by atomic mass is 35.5. The predicted molar refractivity (Wildman–Crippen MR) is 133 cm³/mol. The molecule has 2 N–H and O–H groups in total. The Bertz CT molecular complexity index is 1230. The van der Waals surface area contributed by atoms with Gasteiger partial charge in [0.25, 0.3) is 5.91 Å². The highest BCUT2D eigenvalue weighted by molar-refractivity contribution is 6.34. The largest absolute Gasteiger partial charge is 0.493 e. The van der Waals surface area contributed by atoms with Crippen molar-refractivity contribution in [3.63, 3.8) is 0 Å². The van der Waals surface area contributed by atoms with Crippen molar-refractivity contribution in [3.05, 3.63) is 82.1 Å². The van der Waals surface area contributed by atoms with Crippen molar-refractivity contribution < 1.29 is 28.6 Å². The Labute approximate surface area is 208 Å². The van der Waals surface area contributed by atoms with Gasteiger partial charge in [-0.15, -0.1) is 0 Å². The molecule has 184 valence electrons. The molecule has 0 bridgehead atoms. The normalized spacial score (nSPS) is 10.8. The number of hydrogen-bond donors (Lipinski definition) is 2. The summed E-state index contributed by atoms with van der Waals surface area (Å²) in [6.45, 7) is 6.37. The number of aromatic carboxylic acids is 1. The van der Waals surface area contributed by atoms with Crippen molar-refractivity contribution in [2.24, 2.45) is 0 Å². The van der Waals surface area contributed by atoms with Gasteiger partial charge in [-0.05, 0) is 79.9 Å². The van der Waals surface area contributed by atoms with Crippen LogP contribution < -0.4 is 14.8 Å². The van der Waals surface area contributed by atoms with Gasteiger partial charge in [0.1, 0.15) is 17.3 Å². The third kappa shape index (κ3) is 6.96. The van der Waals surface area contributed by atoms with E-state index in [1.54, 1.807) is 36.4 Å². The molecule has 8 heteroatoms. The zero-order chi connectivity index (χ0) is 25.5. The van der Waals surface area contributed by atoms with Crippen LogP contribution in [0.15, 0.2) is 54.6 Å². The van der Waals surface area contributed by atoms with E-state index in [4.69, 9.17) is 21.1 Å². The summed E-state index contributed by atoms with van der Waals surface area (Å²) in [4.78, 5) is 24.2. The standard InChI is InChI=1S/C27H27ClFNO5/c1-4-9-34-25-8-5-17(18-11-19(27(32)33)13-21(29)12-18)10-20(25)15-30-26(31)23-7-6-22(14-24(23)28)35-16(2)3/h5-8,10-14,16H,4,9,15H2,1-3H3,(H,30,31)(H,32,33). The number of rotatable bonds is 10. The SMILES string of the molecule is CCCOc1ccc(-c2cc(F)cc(C(=O)O)c2)cc1CNC(=O)c1ccc(OC(C)C)cc1Cl. The third-order valence-corrected chi connectivity index (χ3v) is 5.31. The third-order valence-electron chi connectivity index (χ3n) is 5.00. The Morgan fingerprint density at radius 1 is 1.06 bits per heavy atom. The van der Waals surface area contributed by atoms with Gasteiger partial charge in [-0.3, -0.25) is 4.79 Å². The summed E-state index contributed by atoms with van der Waals surface area (Å²) in [7, 11) is 0. The molecule has 0 spiro atoms. The monoisotopic (exact) mass is 499 g/mol. The highest BCUT2D eigenvalue weighted by Crippen LogP contribution is 2.29. The molecule has 0 aliphatic heterocycles. The van der Waals surface area contributed by atoms with Gasteiger partial charge in [-0.25, -0.2) is 9.18 Å². The molecule has 6 nitrogen and oxygen atoms in total. The molecule has 3 aromatic rings. The van der Waals surface area contributed by atoms with E-state index < -0.39 is 11.8 Å². The maximum Gasteiger partial charge on any atom is 0.335 e. The maximum absolute atomic E-state index is 14.0. The molecule has 0 aliphatic carbocycles. The number of carboxylic acids is 1. The van der Waals surface area contributed by atoms with Crippen LogP contribution in [-0.4, -0.2) is 29.7 Å². The zero-order valence-electron chi connectivity index (χ0n) is 19.7. The van der Waals surface area contributed by atoms with Crippen molar-refractivity contribution in [1.29, 1.82) is 0 Å². The van der Waals surface area contributed by atoms with Crippen LogP contribution in [0, 0.1) is 5.82 Å². The van der Waals surface area contributed by atoms with E-state index in [2.05, 4.69) is 5.32 Å². The van der Waals surface area contributed by atoms with E-state index in [-0.39, 0.29) is 29.1 Å². The Morgan fingerprint density at radius 2 is 1.83 bits per heavy atom. The number of nitrogens with one attached hydrogen (secondary N) is 1. The van der Waals surface area contributed by atoms with Gasteiger partial charge in [0.15, 0.2) is 0 Å². The first kappa shape index (κ1) is 26.0. The Hall–Kier alpha value is -3.58. The van der Waals surface area contributed by atoms with Crippen molar-refractivity contribution in [3.8, 4) is 22.6 Å². The van der Waals surface area contributed by atoms with E-state index in [1.807, 2.05) is 20.8 Å². The average molecular weight is 500 g/mol. The minimum atomic E-state index is -1.22. The summed E-state index contributed by atoms with van der Waals surface area (Å²) in [5, 5.41) is 12.4. The Morgan fingerprint density at radius 3 is 2.49 bits per heavy atom. The number of amides is 1. The number of ether oxygens (including phenoxy) is 2. The van der Waals surface area contributed by atoms with E-state index >= 15 is 0 Å². The van der Waals surface area contributed by atoms with E-state index in [9.17, 15) is 19.1 Å². The van der Waals surface area contributed by atoms with E-state index in [0.29, 0.717) is 40.4 Å². The van der Waals surface area contributed by atoms with E-state index in [0.717, 1.165) is 12.5 Å². The molecule has 3 aromatic carbocycles. The van der Waals surface area contributed by atoms with Gasteiger partial charge in [0, 0.05) is 12.1 Å². The van der Waals surface area contributed by atoms with Crippen LogP contribution in [0.5, 0.6) is 11.5 Å². The van der Waals surface area contributed by atoms with Gasteiger partial charge in [0.2, 0.25) is 0 Å². The molecular formula is C27H27ClFNO5. The number of halogens is 2. The minimum absolute atomic E-state index is 0.0239. The lowest BCUT2D eigenvalue weighted by molar-refractivity contribution is 0.0696. The van der Waals surface area contributed by atoms with Gasteiger partial charge in [-0.2, -0.15) is 0 Å². The summed E-state index contributed by atoms with van der Waals surface area (Å²) in [5.41, 5.74) is 1.79. The van der Waals surface area contributed by atoms with E-state index in [1.165, 1.54) is 12.1 Å². The lowest BCUT2D eigenvalue weighted by atomic mass is 10.00. The van der Waals surface area contributed by atoms with Crippen molar-refractivity contribution in [2.75, 3.05) is 6.61 Å². The van der Waals surface area contributed by atoms with Crippen molar-refractivity contribution in [1.82, 2.24) is 5.32 Å². The minimum Gasteiger partial charge on any atom is -0.493 e. The fourth-order valence-electron chi connectivity index (χ4n) is 3.43. The van der Waals surface area contributed by atoms with Crippen LogP contribution in [0.2, 0.25) is 5.02 Å². The van der Waals surface area contributed by atoms with Crippen LogP contribution in [0.25, 0.3) is 11.1 Å². The Balaban J connectivity index is 1.86. The van der Waals surface area contributed by atoms with Crippen LogP contribution in [0.1, 0.15) is 53.5 Å². The molecule has 0 aliphatic rings. The molecule has 0 saturated heterocycles. The molecule has 0 saturated carbocycles. The second-order valence-corrected chi connectivity index (χ2v) is 8.60. The van der Waals surface area contributed by atoms with Crippen molar-refractivity contribution >= 4 is 23.5 Å². The average Bonchev–Trinajstić information content (AvgIpc) is 2.80. The maximum atomic E-state index is 14.0. The topological polar surface area (TPSA) is 84.9 Å². The second-order valence-electron chi connectivity index (χ2n) is 8.20. The van der Waals surface area contributed by atoms with Gasteiger partial charge in [-0.1, -0.05) is 24.6 Å². The predicted octanol–water partition coefficient (Wildman–Crippen LogP) is 6.35. The molecule has 0 unspecified atom stereocenters. The van der Waals surface area contributed by atoms with Crippen LogP contribution >= 0.6 is 11.6 Å². The first-order valence-corrected chi connectivity index (χ1v) is 11.6. The molecule has 0 aromatic heterocycles. The lowest BCUT2D eigenvalue weighted by Crippen LogP contribution is -2.23. The first-order chi connectivity index (χ1) is 16.7. The summed E-state index contributed by atoms with van der Waals surface area (Å²) in [6.07, 6.45) is 0.768. The fraction of sp³-hybridized carbons (Fsp3) is 0.259. The molecule has 0 fully saturated rings. The number of carboxylic acid groups (broad SMARTS) is 1. The zero-order valence-corrected chi connectivity index (χ0v) is 20.5. The summed E-state index contributed by atoms with van der Waals surface area (Å²) >= 11 is 6.30. The number of carbonyl (C=O) groups excluding carboxylic acids is 1. The quantitative estimate of drug-likeness (QED) is 0.339. The van der Waals surface area contributed by atoms with Crippen molar-refractivity contribution in [2.45, 2.75) is 39.8 Å². The molecular weight excluding hydrogens is 473 g/mol.